The fraction of sp³-hybridized carbons (Fsp3) is 0.303. The van der Waals surface area contributed by atoms with Crippen molar-refractivity contribution in [2.24, 2.45) is 0 Å². The lowest BCUT2D eigenvalue weighted by molar-refractivity contribution is -0.118. The van der Waals surface area contributed by atoms with E-state index in [9.17, 15) is 14.7 Å². The Morgan fingerprint density at radius 1 is 1.07 bits per heavy atom. The summed E-state index contributed by atoms with van der Waals surface area (Å²) in [5.41, 5.74) is 6.02. The average Bonchev–Trinajstić information content (AvgIpc) is 3.35. The third kappa shape index (κ3) is 5.75. The summed E-state index contributed by atoms with van der Waals surface area (Å²) in [4.78, 5) is 33.8. The molecule has 3 aromatic carbocycles. The molecule has 5 rings (SSSR count). The molecule has 0 bridgehead atoms. The molecule has 8 nitrogen and oxygen atoms in total. The van der Waals surface area contributed by atoms with Crippen LogP contribution in [0.25, 0.3) is 11.4 Å². The number of nitrogens with one attached hydrogen (secondary N) is 1. The highest BCUT2D eigenvalue weighted by Crippen LogP contribution is 2.45. The fourth-order valence-electron chi connectivity index (χ4n) is 5.76. The van der Waals surface area contributed by atoms with Crippen molar-refractivity contribution in [2.75, 3.05) is 25.2 Å². The summed E-state index contributed by atoms with van der Waals surface area (Å²) in [6, 6.07) is 15.8. The van der Waals surface area contributed by atoms with Crippen LogP contribution in [0.4, 0.5) is 5.69 Å². The maximum atomic E-state index is 14.1. The van der Waals surface area contributed by atoms with Gasteiger partial charge in [-0.3, -0.25) is 14.5 Å². The van der Waals surface area contributed by atoms with Crippen molar-refractivity contribution < 1.29 is 19.4 Å². The minimum absolute atomic E-state index is 0.0755. The molecule has 0 saturated carbocycles. The number of benzene rings is 3. The topological polar surface area (TPSA) is 96.7 Å². The van der Waals surface area contributed by atoms with Gasteiger partial charge in [-0.1, -0.05) is 35.3 Å². The lowest BCUT2D eigenvalue weighted by atomic mass is 9.90. The van der Waals surface area contributed by atoms with Crippen LogP contribution in [-0.4, -0.2) is 46.7 Å². The predicted octanol–water partition coefficient (Wildman–Crippen LogP) is 6.46. The maximum absolute atomic E-state index is 14.1. The van der Waals surface area contributed by atoms with Crippen LogP contribution in [-0.2, 0) is 11.2 Å². The number of amides is 2. The number of rotatable bonds is 8. The lowest BCUT2D eigenvalue weighted by Gasteiger charge is -2.38. The number of carbonyl (C=O) groups is 2. The number of aliphatic hydroxyl groups excluding tert-OH is 1. The van der Waals surface area contributed by atoms with Gasteiger partial charge in [0.1, 0.15) is 17.6 Å². The van der Waals surface area contributed by atoms with E-state index < -0.39 is 6.04 Å². The summed E-state index contributed by atoms with van der Waals surface area (Å²) < 4.78 is 7.86. The summed E-state index contributed by atoms with van der Waals surface area (Å²) >= 11 is 12.8. The molecule has 1 aromatic heterocycles. The number of anilines is 1. The number of aryl methyl sites for hydroxylation is 2. The highest BCUT2D eigenvalue weighted by atomic mass is 35.5. The molecular formula is C33H34Cl2N4O4. The molecule has 2 heterocycles. The third-order valence-corrected chi connectivity index (χ3v) is 8.17. The van der Waals surface area contributed by atoms with Gasteiger partial charge in [0.25, 0.3) is 5.91 Å². The van der Waals surface area contributed by atoms with Gasteiger partial charge in [-0.2, -0.15) is 0 Å². The van der Waals surface area contributed by atoms with Gasteiger partial charge < -0.3 is 19.7 Å². The van der Waals surface area contributed by atoms with Gasteiger partial charge >= 0.3 is 0 Å². The molecule has 0 radical (unpaired) electrons. The second kappa shape index (κ2) is 12.4. The first-order chi connectivity index (χ1) is 20.5. The molecule has 1 unspecified atom stereocenters. The standard InChI is InChI=1S/C33H34Cl2N4O4/c1-18(2)38-31-26(37-32(38)25-15-21(7-11-28(25)43-5)33(42)36-12-13-40)17-29(41)39(27-16-23(35)8-6-19(27)3)30(31)24-10-9-22(34)14-20(24)4/h6-11,14-16,18,30,40H,12-13,17H2,1-5H3,(H,36,42). The second-order valence-electron chi connectivity index (χ2n) is 10.9. The number of hydrogen-bond donors (Lipinski definition) is 2. The van der Waals surface area contributed by atoms with E-state index in [1.807, 2.05) is 55.1 Å². The van der Waals surface area contributed by atoms with E-state index in [4.69, 9.17) is 32.9 Å². The molecule has 2 N–H and O–H groups in total. The van der Waals surface area contributed by atoms with Gasteiger partial charge in [-0.15, -0.1) is 0 Å². The van der Waals surface area contributed by atoms with E-state index in [1.165, 1.54) is 0 Å². The molecule has 0 spiro atoms. The number of aromatic nitrogens is 2. The summed E-state index contributed by atoms with van der Waals surface area (Å²) in [5.74, 6) is 0.692. The van der Waals surface area contributed by atoms with E-state index in [0.717, 1.165) is 28.1 Å². The molecular weight excluding hydrogens is 587 g/mol. The third-order valence-electron chi connectivity index (χ3n) is 7.70. The molecule has 0 fully saturated rings. The predicted molar refractivity (Wildman–Crippen MR) is 169 cm³/mol. The van der Waals surface area contributed by atoms with Crippen molar-refractivity contribution in [3.05, 3.63) is 98.3 Å². The van der Waals surface area contributed by atoms with Crippen LogP contribution in [0.2, 0.25) is 10.0 Å². The number of hydrogen-bond acceptors (Lipinski definition) is 5. The minimum Gasteiger partial charge on any atom is -0.496 e. The SMILES string of the molecule is COc1ccc(C(=O)NCCO)cc1-c1nc2c(n1C(C)C)C(c1ccc(Cl)cc1C)N(c1cc(Cl)ccc1C)C(=O)C2. The van der Waals surface area contributed by atoms with Crippen LogP contribution in [0.1, 0.15) is 64.4 Å². The Labute approximate surface area is 261 Å². The molecule has 1 aliphatic rings. The summed E-state index contributed by atoms with van der Waals surface area (Å²) in [6.07, 6.45) is 0.0795. The Morgan fingerprint density at radius 2 is 1.79 bits per heavy atom. The number of halogens is 2. The van der Waals surface area contributed by atoms with Crippen molar-refractivity contribution in [1.29, 1.82) is 0 Å². The van der Waals surface area contributed by atoms with E-state index in [1.54, 1.807) is 25.3 Å². The Kier molecular flexibility index (Phi) is 8.83. The van der Waals surface area contributed by atoms with Crippen LogP contribution in [0.15, 0.2) is 54.6 Å². The summed E-state index contributed by atoms with van der Waals surface area (Å²) in [5, 5.41) is 13.0. The van der Waals surface area contributed by atoms with E-state index in [2.05, 4.69) is 23.7 Å². The molecule has 4 aromatic rings. The summed E-state index contributed by atoms with van der Waals surface area (Å²) in [7, 11) is 1.57. The van der Waals surface area contributed by atoms with Crippen molar-refractivity contribution >= 4 is 40.7 Å². The molecule has 224 valence electrons. The van der Waals surface area contributed by atoms with Crippen LogP contribution in [0.5, 0.6) is 5.75 Å². The fourth-order valence-corrected chi connectivity index (χ4v) is 6.16. The number of ether oxygens (including phenoxy) is 1. The first-order valence-electron chi connectivity index (χ1n) is 14.1. The highest BCUT2D eigenvalue weighted by Gasteiger charge is 2.41. The molecule has 43 heavy (non-hydrogen) atoms. The second-order valence-corrected chi connectivity index (χ2v) is 11.8. The van der Waals surface area contributed by atoms with Crippen molar-refractivity contribution in [3.8, 4) is 17.1 Å². The van der Waals surface area contributed by atoms with Gasteiger partial charge in [0.15, 0.2) is 0 Å². The smallest absolute Gasteiger partial charge is 0.251 e. The first kappa shape index (κ1) is 30.6. The zero-order valence-corrected chi connectivity index (χ0v) is 26.3. The Balaban J connectivity index is 1.80. The quantitative estimate of drug-likeness (QED) is 0.235. The summed E-state index contributed by atoms with van der Waals surface area (Å²) in [6.45, 7) is 8.04. The van der Waals surface area contributed by atoms with Crippen molar-refractivity contribution in [2.45, 2.75) is 46.2 Å². The van der Waals surface area contributed by atoms with Crippen LogP contribution >= 0.6 is 23.2 Å². The number of fused-ring (bicyclic) bond motifs is 1. The molecule has 0 aliphatic carbocycles. The molecule has 1 aliphatic heterocycles. The van der Waals surface area contributed by atoms with Gasteiger partial charge in [-0.25, -0.2) is 4.98 Å². The van der Waals surface area contributed by atoms with Crippen LogP contribution < -0.4 is 15.0 Å². The molecule has 1 atom stereocenters. The first-order valence-corrected chi connectivity index (χ1v) is 14.8. The van der Waals surface area contributed by atoms with Crippen molar-refractivity contribution in [1.82, 2.24) is 14.9 Å². The lowest BCUT2D eigenvalue weighted by Crippen LogP contribution is -2.42. The zero-order valence-electron chi connectivity index (χ0n) is 24.7. The number of aliphatic hydroxyl groups is 1. The Morgan fingerprint density at radius 3 is 2.47 bits per heavy atom. The van der Waals surface area contributed by atoms with Gasteiger partial charge in [0.2, 0.25) is 5.91 Å². The highest BCUT2D eigenvalue weighted by molar-refractivity contribution is 6.31. The van der Waals surface area contributed by atoms with Crippen molar-refractivity contribution in [3.63, 3.8) is 0 Å². The van der Waals surface area contributed by atoms with Crippen LogP contribution in [0.3, 0.4) is 0 Å². The average molecular weight is 622 g/mol. The van der Waals surface area contributed by atoms with E-state index in [-0.39, 0.29) is 37.4 Å². The van der Waals surface area contributed by atoms with Gasteiger partial charge in [0.05, 0.1) is 37.1 Å². The Hall–Kier alpha value is -3.85. The van der Waals surface area contributed by atoms with Crippen LogP contribution in [0, 0.1) is 13.8 Å². The zero-order chi connectivity index (χ0) is 31.0. The van der Waals surface area contributed by atoms with Gasteiger partial charge in [-0.05, 0) is 86.8 Å². The largest absolute Gasteiger partial charge is 0.496 e. The number of nitrogens with zero attached hydrogens (tertiary/aromatic N) is 3. The number of imidazole rings is 1. The Bertz CT molecular complexity index is 1720. The molecule has 2 amide bonds. The maximum Gasteiger partial charge on any atom is 0.251 e. The van der Waals surface area contributed by atoms with E-state index in [0.29, 0.717) is 38.4 Å². The number of carbonyl (C=O) groups excluding carboxylic acids is 2. The monoisotopic (exact) mass is 620 g/mol. The molecule has 0 saturated heterocycles. The van der Waals surface area contributed by atoms with Gasteiger partial charge in [0, 0.05) is 33.9 Å². The van der Waals surface area contributed by atoms with E-state index >= 15 is 0 Å². The normalized spacial score (nSPS) is 14.7. The minimum atomic E-state index is -0.531. The number of methoxy groups -OCH3 is 1. The molecule has 10 heteroatoms.